The van der Waals surface area contributed by atoms with Gasteiger partial charge in [0.1, 0.15) is 0 Å². The van der Waals surface area contributed by atoms with Gasteiger partial charge in [-0.3, -0.25) is 4.79 Å². The molecule has 0 heterocycles. The summed E-state index contributed by atoms with van der Waals surface area (Å²) in [5.74, 6) is 0.813. The first-order valence-corrected chi connectivity index (χ1v) is 6.63. The molecular formula is C12H14Cl3NO. The number of hydrogen-bond acceptors (Lipinski definition) is 1. The summed E-state index contributed by atoms with van der Waals surface area (Å²) in [7, 11) is 0. The molecular weight excluding hydrogens is 280 g/mol. The Morgan fingerprint density at radius 1 is 1.35 bits per heavy atom. The maximum absolute atomic E-state index is 11.8. The van der Waals surface area contributed by atoms with E-state index in [4.69, 9.17) is 34.8 Å². The van der Waals surface area contributed by atoms with E-state index in [0.717, 1.165) is 6.42 Å². The average Bonchev–Trinajstić information content (AvgIpc) is 2.30. The number of carbonyl (C=O) groups excluding carboxylic acids is 1. The van der Waals surface area contributed by atoms with Crippen LogP contribution in [-0.4, -0.2) is 18.3 Å². The van der Waals surface area contributed by atoms with Gasteiger partial charge in [-0.15, -0.1) is 11.6 Å². The Hall–Kier alpha value is -0.440. The Morgan fingerprint density at radius 2 is 2.06 bits per heavy atom. The van der Waals surface area contributed by atoms with E-state index in [9.17, 15) is 4.79 Å². The van der Waals surface area contributed by atoms with E-state index in [0.29, 0.717) is 34.0 Å². The van der Waals surface area contributed by atoms with E-state index >= 15 is 0 Å². The van der Waals surface area contributed by atoms with Crippen LogP contribution in [0.15, 0.2) is 18.2 Å². The second kappa shape index (κ2) is 7.10. The van der Waals surface area contributed by atoms with E-state index in [1.807, 2.05) is 6.92 Å². The van der Waals surface area contributed by atoms with Gasteiger partial charge >= 0.3 is 0 Å². The fourth-order valence-corrected chi connectivity index (χ4v) is 1.97. The molecule has 1 aromatic carbocycles. The lowest BCUT2D eigenvalue weighted by Crippen LogP contribution is -2.28. The fraction of sp³-hybridized carbons (Fsp3) is 0.417. The average molecular weight is 295 g/mol. The highest BCUT2D eigenvalue weighted by Crippen LogP contribution is 2.22. The van der Waals surface area contributed by atoms with Crippen molar-refractivity contribution in [2.24, 2.45) is 5.92 Å². The molecule has 0 aromatic heterocycles. The minimum atomic E-state index is -0.148. The number of halogens is 3. The Kier molecular flexibility index (Phi) is 6.10. The van der Waals surface area contributed by atoms with Crippen LogP contribution < -0.4 is 5.32 Å². The maximum Gasteiger partial charge on any atom is 0.251 e. The van der Waals surface area contributed by atoms with Crippen LogP contribution in [0.3, 0.4) is 0 Å². The predicted molar refractivity (Wildman–Crippen MR) is 73.3 cm³/mol. The first-order chi connectivity index (χ1) is 8.04. The quantitative estimate of drug-likeness (QED) is 0.818. The van der Waals surface area contributed by atoms with Gasteiger partial charge in [0.25, 0.3) is 5.91 Å². The molecule has 0 saturated heterocycles. The number of hydrogen-bond donors (Lipinski definition) is 1. The summed E-state index contributed by atoms with van der Waals surface area (Å²) in [6.45, 7) is 2.64. The molecule has 0 fully saturated rings. The third-order valence-corrected chi connectivity index (χ3v) is 3.35. The van der Waals surface area contributed by atoms with Crippen molar-refractivity contribution in [2.75, 3.05) is 12.4 Å². The van der Waals surface area contributed by atoms with Gasteiger partial charge in [-0.1, -0.05) is 30.1 Å². The molecule has 1 N–H and O–H groups in total. The van der Waals surface area contributed by atoms with Gasteiger partial charge in [0.05, 0.1) is 10.0 Å². The minimum Gasteiger partial charge on any atom is -0.352 e. The largest absolute Gasteiger partial charge is 0.352 e. The van der Waals surface area contributed by atoms with Gasteiger partial charge < -0.3 is 5.32 Å². The second-order valence-corrected chi connectivity index (χ2v) is 5.11. The fourth-order valence-electron chi connectivity index (χ4n) is 1.29. The normalized spacial score (nSPS) is 12.2. The van der Waals surface area contributed by atoms with Crippen molar-refractivity contribution in [1.29, 1.82) is 0 Å². The zero-order chi connectivity index (χ0) is 12.8. The molecule has 0 bridgehead atoms. The van der Waals surface area contributed by atoms with Crippen LogP contribution in [0.2, 0.25) is 10.0 Å². The Morgan fingerprint density at radius 3 is 2.65 bits per heavy atom. The van der Waals surface area contributed by atoms with Crippen LogP contribution in [0.5, 0.6) is 0 Å². The molecule has 1 atom stereocenters. The third kappa shape index (κ3) is 4.74. The van der Waals surface area contributed by atoms with E-state index in [1.54, 1.807) is 18.2 Å². The van der Waals surface area contributed by atoms with Crippen molar-refractivity contribution in [2.45, 2.75) is 13.3 Å². The van der Waals surface area contributed by atoms with Gasteiger partial charge in [-0.25, -0.2) is 0 Å². The number of carbonyl (C=O) groups is 1. The van der Waals surface area contributed by atoms with E-state index in [2.05, 4.69) is 5.32 Å². The molecule has 1 aromatic rings. The lowest BCUT2D eigenvalue weighted by atomic mass is 10.1. The van der Waals surface area contributed by atoms with Crippen LogP contribution in [0.25, 0.3) is 0 Å². The summed E-state index contributed by atoms with van der Waals surface area (Å²) in [5.41, 5.74) is 0.512. The number of rotatable bonds is 5. The summed E-state index contributed by atoms with van der Waals surface area (Å²) in [6, 6.07) is 4.82. The number of alkyl halides is 1. The monoisotopic (exact) mass is 293 g/mol. The van der Waals surface area contributed by atoms with Gasteiger partial charge in [0.2, 0.25) is 0 Å². The van der Waals surface area contributed by atoms with Crippen molar-refractivity contribution in [3.63, 3.8) is 0 Å². The van der Waals surface area contributed by atoms with E-state index in [1.165, 1.54) is 0 Å². The van der Waals surface area contributed by atoms with Gasteiger partial charge in [0.15, 0.2) is 0 Å². The van der Waals surface area contributed by atoms with Gasteiger partial charge in [-0.05, 0) is 30.5 Å². The zero-order valence-electron chi connectivity index (χ0n) is 9.47. The number of amides is 1. The first-order valence-electron chi connectivity index (χ1n) is 5.33. The van der Waals surface area contributed by atoms with Crippen LogP contribution in [-0.2, 0) is 0 Å². The lowest BCUT2D eigenvalue weighted by Gasteiger charge is -2.11. The van der Waals surface area contributed by atoms with Crippen molar-refractivity contribution >= 4 is 40.7 Å². The summed E-state index contributed by atoms with van der Waals surface area (Å²) >= 11 is 17.2. The van der Waals surface area contributed by atoms with Crippen molar-refractivity contribution in [3.05, 3.63) is 33.8 Å². The molecule has 0 saturated carbocycles. The molecule has 5 heteroatoms. The molecule has 17 heavy (non-hydrogen) atoms. The molecule has 94 valence electrons. The molecule has 0 aliphatic carbocycles. The Labute approximate surface area is 116 Å². The number of nitrogens with one attached hydrogen (secondary N) is 1. The minimum absolute atomic E-state index is 0.148. The second-order valence-electron chi connectivity index (χ2n) is 3.92. The van der Waals surface area contributed by atoms with Crippen molar-refractivity contribution < 1.29 is 4.79 Å². The molecule has 2 nitrogen and oxygen atoms in total. The van der Waals surface area contributed by atoms with Gasteiger partial charge in [0, 0.05) is 18.0 Å². The number of benzene rings is 1. The summed E-state index contributed by atoms with van der Waals surface area (Å²) < 4.78 is 0. The standard InChI is InChI=1S/C12H14Cl3NO/c1-8(4-5-13)7-16-12(17)9-2-3-10(14)11(15)6-9/h2-3,6,8H,4-5,7H2,1H3,(H,16,17). The predicted octanol–water partition coefficient (Wildman–Crippen LogP) is 3.99. The molecule has 0 aliphatic heterocycles. The highest BCUT2D eigenvalue weighted by molar-refractivity contribution is 6.42. The topological polar surface area (TPSA) is 29.1 Å². The molecule has 0 spiro atoms. The van der Waals surface area contributed by atoms with Crippen LogP contribution >= 0.6 is 34.8 Å². The zero-order valence-corrected chi connectivity index (χ0v) is 11.7. The molecule has 1 rings (SSSR count). The van der Waals surface area contributed by atoms with Crippen LogP contribution in [0.1, 0.15) is 23.7 Å². The van der Waals surface area contributed by atoms with E-state index < -0.39 is 0 Å². The van der Waals surface area contributed by atoms with Crippen LogP contribution in [0, 0.1) is 5.92 Å². The molecule has 1 unspecified atom stereocenters. The Bertz CT molecular complexity index is 395. The highest BCUT2D eigenvalue weighted by atomic mass is 35.5. The summed E-state index contributed by atoms with van der Waals surface area (Å²) in [6.07, 6.45) is 0.878. The summed E-state index contributed by atoms with van der Waals surface area (Å²) in [5, 5.41) is 3.66. The smallest absolute Gasteiger partial charge is 0.251 e. The summed E-state index contributed by atoms with van der Waals surface area (Å²) in [4.78, 5) is 11.8. The SMILES string of the molecule is CC(CCCl)CNC(=O)c1ccc(Cl)c(Cl)c1. The Balaban J connectivity index is 2.55. The van der Waals surface area contributed by atoms with E-state index in [-0.39, 0.29) is 5.91 Å². The van der Waals surface area contributed by atoms with Crippen molar-refractivity contribution in [3.8, 4) is 0 Å². The van der Waals surface area contributed by atoms with Gasteiger partial charge in [-0.2, -0.15) is 0 Å². The molecule has 0 aliphatic rings. The first kappa shape index (κ1) is 14.6. The lowest BCUT2D eigenvalue weighted by molar-refractivity contribution is 0.0948. The molecule has 0 radical (unpaired) electrons. The maximum atomic E-state index is 11.8. The molecule has 1 amide bonds. The van der Waals surface area contributed by atoms with Crippen LogP contribution in [0.4, 0.5) is 0 Å². The van der Waals surface area contributed by atoms with Crippen molar-refractivity contribution in [1.82, 2.24) is 5.32 Å². The third-order valence-electron chi connectivity index (χ3n) is 2.39. The highest BCUT2D eigenvalue weighted by Gasteiger charge is 2.09.